The molecule has 8 N–H and O–H groups in total. The Morgan fingerprint density at radius 3 is 2.54 bits per heavy atom. The van der Waals surface area contributed by atoms with Crippen LogP contribution in [0.25, 0.3) is 11.2 Å². The van der Waals surface area contributed by atoms with Gasteiger partial charge >= 0.3 is 6.18 Å². The van der Waals surface area contributed by atoms with Crippen molar-refractivity contribution >= 4 is 17.1 Å². The minimum absolute atomic E-state index is 0.00800. The van der Waals surface area contributed by atoms with E-state index in [2.05, 4.69) is 15.0 Å². The third kappa shape index (κ3) is 3.07. The second kappa shape index (κ2) is 6.71. The summed E-state index contributed by atoms with van der Waals surface area (Å²) in [5.74, 6) is -2.53. The number of nitrogens with zero attached hydrogens (tertiary/aromatic N) is 4. The molecule has 26 heavy (non-hydrogen) atoms. The fourth-order valence-corrected chi connectivity index (χ4v) is 2.79. The molecule has 3 rings (SSSR count). The molecule has 3 heterocycles. The van der Waals surface area contributed by atoms with Crippen LogP contribution in [0, 0.1) is 23.9 Å². The lowest BCUT2D eigenvalue weighted by atomic mass is 9.96. The maximum Gasteiger partial charge on any atom is 0.398 e. The van der Waals surface area contributed by atoms with Crippen molar-refractivity contribution in [2.45, 2.75) is 31.2 Å². The monoisotopic (exact) mass is 378 g/mol. The number of rotatable bonds is 2. The van der Waals surface area contributed by atoms with E-state index < -0.39 is 36.8 Å². The molecule has 0 saturated carbocycles. The van der Waals surface area contributed by atoms with E-state index in [9.17, 15) is 23.4 Å². The van der Waals surface area contributed by atoms with E-state index in [1.807, 2.05) is 0 Å². The Bertz CT molecular complexity index is 800. The second-order valence-corrected chi connectivity index (χ2v) is 5.62. The van der Waals surface area contributed by atoms with Gasteiger partial charge in [-0.2, -0.15) is 18.2 Å². The van der Waals surface area contributed by atoms with Crippen LogP contribution in [0.4, 0.5) is 19.1 Å². The summed E-state index contributed by atoms with van der Waals surface area (Å²) >= 11 is 0. The normalized spacial score (nSPS) is 28.8. The number of imidazole rings is 1. The summed E-state index contributed by atoms with van der Waals surface area (Å²) in [6.45, 7) is 0.574. The van der Waals surface area contributed by atoms with Gasteiger partial charge < -0.3 is 20.7 Å². The van der Waals surface area contributed by atoms with Crippen LogP contribution in [0.1, 0.15) is 11.9 Å². The number of hydrogen-bond acceptors (Lipinski definition) is 10. The van der Waals surface area contributed by atoms with Gasteiger partial charge in [0.25, 0.3) is 0 Å². The molecule has 0 aliphatic carbocycles. The summed E-state index contributed by atoms with van der Waals surface area (Å²) < 4.78 is 46.4. The Morgan fingerprint density at radius 2 is 2.00 bits per heavy atom. The molecule has 1 aliphatic rings. The minimum Gasteiger partial charge on any atom is -0.392 e. The molecule has 0 amide bonds. The molecule has 1 aliphatic heterocycles. The van der Waals surface area contributed by atoms with Crippen LogP contribution in [-0.2, 0) is 4.74 Å². The zero-order valence-electron chi connectivity index (χ0n) is 13.4. The molecule has 144 valence electrons. The summed E-state index contributed by atoms with van der Waals surface area (Å²) in [7, 11) is 0. The predicted molar refractivity (Wildman–Crippen MR) is 79.6 cm³/mol. The van der Waals surface area contributed by atoms with Gasteiger partial charge in [-0.15, -0.1) is 0 Å². The van der Waals surface area contributed by atoms with E-state index in [0.29, 0.717) is 5.69 Å². The molecule has 0 bridgehead atoms. The van der Waals surface area contributed by atoms with Crippen molar-refractivity contribution in [3.8, 4) is 0 Å². The molecule has 1 fully saturated rings. The number of aryl methyl sites for hydroxylation is 1. The third-order valence-electron chi connectivity index (χ3n) is 4.00. The summed E-state index contributed by atoms with van der Waals surface area (Å²) in [5, 5.41) is 19.2. The van der Waals surface area contributed by atoms with E-state index in [1.165, 1.54) is 0 Å². The van der Waals surface area contributed by atoms with Crippen molar-refractivity contribution in [2.24, 2.45) is 11.7 Å². The molecule has 4 atom stereocenters. The first kappa shape index (κ1) is 19.9. The Labute approximate surface area is 144 Å². The number of fused-ring (bicyclic) bond motifs is 1. The molecule has 2 aromatic rings. The van der Waals surface area contributed by atoms with E-state index in [4.69, 9.17) is 27.3 Å². The molecule has 2 aromatic heterocycles. The largest absolute Gasteiger partial charge is 0.398 e. The standard InChI is InChI=1S/C12H15F3N6O3.H2N2/c1-4-6-8(20-10(16)19-4)21(3-18-6)9-5(12(13,14)15)7(23)11(17,2-22)24-9;1-2/h3,5,7,9,22-23H,2,17H2,1H3,(H2,16,19,20);1-2H/t5?,7-,9?,11+;/m0./s1. The fourth-order valence-electron chi connectivity index (χ4n) is 2.79. The fraction of sp³-hybridized carbons (Fsp3) is 0.583. The Morgan fingerprint density at radius 1 is 1.38 bits per heavy atom. The lowest BCUT2D eigenvalue weighted by Crippen LogP contribution is -2.54. The molecule has 1 saturated heterocycles. The number of nitrogens with one attached hydrogen (secondary N) is 2. The van der Waals surface area contributed by atoms with Crippen molar-refractivity contribution in [2.75, 3.05) is 12.3 Å². The van der Waals surface area contributed by atoms with E-state index in [1.54, 1.807) is 6.92 Å². The number of hydrogen-bond donors (Lipinski definition) is 6. The van der Waals surface area contributed by atoms with Gasteiger partial charge in [-0.1, -0.05) is 0 Å². The number of aliphatic hydroxyl groups is 2. The Kier molecular flexibility index (Phi) is 5.14. The summed E-state index contributed by atoms with van der Waals surface area (Å²) in [5.41, 5.74) is 19.5. The van der Waals surface area contributed by atoms with Gasteiger partial charge in [0.1, 0.15) is 17.5 Å². The average molecular weight is 378 g/mol. The SMILES string of the molecule is Cc1nc(N)nc2c1ncn2C1O[C@](N)(CO)[C@@H](O)C1C(F)(F)F.N=N. The first-order valence-electron chi connectivity index (χ1n) is 7.12. The van der Waals surface area contributed by atoms with Crippen molar-refractivity contribution in [3.05, 3.63) is 12.0 Å². The first-order chi connectivity index (χ1) is 12.1. The lowest BCUT2D eigenvalue weighted by molar-refractivity contribution is -0.210. The molecule has 0 radical (unpaired) electrons. The van der Waals surface area contributed by atoms with Gasteiger partial charge in [-0.05, 0) is 6.92 Å². The zero-order chi connectivity index (χ0) is 19.9. The van der Waals surface area contributed by atoms with Crippen LogP contribution >= 0.6 is 0 Å². The van der Waals surface area contributed by atoms with Crippen molar-refractivity contribution in [3.63, 3.8) is 0 Å². The van der Waals surface area contributed by atoms with Gasteiger partial charge in [-0.25, -0.2) is 21.0 Å². The van der Waals surface area contributed by atoms with Crippen LogP contribution in [-0.4, -0.2) is 54.3 Å². The summed E-state index contributed by atoms with van der Waals surface area (Å²) in [6, 6.07) is 0. The number of alkyl halides is 3. The maximum atomic E-state index is 13.4. The lowest BCUT2D eigenvalue weighted by Gasteiger charge is -2.25. The molecular formula is C12H17F3N8O3. The van der Waals surface area contributed by atoms with Gasteiger partial charge in [-0.3, -0.25) is 10.3 Å². The number of aromatic nitrogens is 4. The van der Waals surface area contributed by atoms with Gasteiger partial charge in [0.15, 0.2) is 17.6 Å². The molecule has 14 heteroatoms. The van der Waals surface area contributed by atoms with Gasteiger partial charge in [0, 0.05) is 0 Å². The molecule has 0 aromatic carbocycles. The van der Waals surface area contributed by atoms with Crippen LogP contribution in [0.15, 0.2) is 6.33 Å². The smallest absolute Gasteiger partial charge is 0.392 e. The summed E-state index contributed by atoms with van der Waals surface area (Å²) in [6.07, 6.45) is -7.71. The first-order valence-corrected chi connectivity index (χ1v) is 7.12. The molecular weight excluding hydrogens is 361 g/mol. The number of ether oxygens (including phenoxy) is 1. The number of aliphatic hydroxyl groups excluding tert-OH is 2. The number of halogens is 3. The highest BCUT2D eigenvalue weighted by molar-refractivity contribution is 5.74. The number of nitrogens with two attached hydrogens (primary N) is 2. The van der Waals surface area contributed by atoms with Crippen LogP contribution in [0.2, 0.25) is 0 Å². The number of anilines is 1. The van der Waals surface area contributed by atoms with E-state index >= 15 is 0 Å². The average Bonchev–Trinajstić information content (AvgIpc) is 3.09. The van der Waals surface area contributed by atoms with Crippen LogP contribution < -0.4 is 11.5 Å². The maximum absolute atomic E-state index is 13.4. The Hall–Kier alpha value is -2.42. The Balaban J connectivity index is 0.00000117. The topological polar surface area (TPSA) is 193 Å². The van der Waals surface area contributed by atoms with Crippen molar-refractivity contribution in [1.82, 2.24) is 19.5 Å². The number of nitrogen functional groups attached to an aromatic ring is 1. The van der Waals surface area contributed by atoms with E-state index in [0.717, 1.165) is 10.9 Å². The van der Waals surface area contributed by atoms with E-state index in [-0.39, 0.29) is 17.1 Å². The quantitative estimate of drug-likeness (QED) is 0.394. The van der Waals surface area contributed by atoms with Crippen molar-refractivity contribution < 1.29 is 28.1 Å². The highest BCUT2D eigenvalue weighted by atomic mass is 19.4. The third-order valence-corrected chi connectivity index (χ3v) is 4.00. The molecule has 0 spiro atoms. The molecule has 11 nitrogen and oxygen atoms in total. The highest BCUT2D eigenvalue weighted by Gasteiger charge is 2.63. The van der Waals surface area contributed by atoms with Gasteiger partial charge in [0.2, 0.25) is 5.95 Å². The second-order valence-electron chi connectivity index (χ2n) is 5.62. The predicted octanol–water partition coefficient (Wildman–Crippen LogP) is 0.0286. The summed E-state index contributed by atoms with van der Waals surface area (Å²) in [4.78, 5) is 11.7. The van der Waals surface area contributed by atoms with Gasteiger partial charge in [0.05, 0.1) is 18.6 Å². The zero-order valence-corrected chi connectivity index (χ0v) is 13.4. The highest BCUT2D eigenvalue weighted by Crippen LogP contribution is 2.48. The molecule has 2 unspecified atom stereocenters. The van der Waals surface area contributed by atoms with Crippen LogP contribution in [0.5, 0.6) is 0 Å². The minimum atomic E-state index is -4.84. The van der Waals surface area contributed by atoms with Crippen molar-refractivity contribution in [1.29, 1.82) is 11.1 Å². The van der Waals surface area contributed by atoms with Crippen LogP contribution in [0.3, 0.4) is 0 Å².